The molecule has 0 spiro atoms. The first kappa shape index (κ1) is 21.2. The van der Waals surface area contributed by atoms with Crippen LogP contribution in [0.2, 0.25) is 36.3 Å². The van der Waals surface area contributed by atoms with E-state index in [4.69, 9.17) is 1.37 Å². The molecule has 1 nitrogen and oxygen atoms in total. The first-order valence-corrected chi connectivity index (χ1v) is 15.5. The zero-order chi connectivity index (χ0) is 21.3. The molecule has 0 heterocycles. The molecule has 0 aliphatic heterocycles. The van der Waals surface area contributed by atoms with Crippen molar-refractivity contribution in [3.63, 3.8) is 0 Å². The van der Waals surface area contributed by atoms with Crippen LogP contribution in [-0.4, -0.2) is 21.3 Å². The minimum absolute atomic E-state index is 0.0614. The minimum atomic E-state index is -2.04. The summed E-state index contributed by atoms with van der Waals surface area (Å²) in [6.07, 6.45) is -0.702. The largest absolute Gasteiger partial charge is 0.384 e. The van der Waals surface area contributed by atoms with Crippen LogP contribution in [-0.2, 0) is 0 Å². The number of benzene rings is 1. The van der Waals surface area contributed by atoms with E-state index in [1.807, 2.05) is 30.3 Å². The molecule has 1 N–H and O–H groups in total. The Morgan fingerprint density at radius 2 is 1.50 bits per heavy atom. The molecule has 1 aromatic carbocycles. The Morgan fingerprint density at radius 3 is 1.92 bits per heavy atom. The minimum Gasteiger partial charge on any atom is -0.384 e. The van der Waals surface area contributed by atoms with E-state index < -0.39 is 22.3 Å². The fourth-order valence-corrected chi connectivity index (χ4v) is 5.00. The maximum absolute atomic E-state index is 11.2. The lowest BCUT2D eigenvalue weighted by atomic mass is 10.1. The van der Waals surface area contributed by atoms with Crippen LogP contribution >= 0.6 is 0 Å². The zero-order valence-electron chi connectivity index (χ0n) is 19.4. The van der Waals surface area contributed by atoms with E-state index in [1.54, 1.807) is 0 Å². The SMILES string of the molecule is [2H]C(=C=C=C(C(O)c1ccccc1)[Si](C)(C)C(C)(C)C)[Si](C)(C)C(C)(C)C. The molecule has 0 saturated heterocycles. The molecule has 3 heteroatoms. The van der Waals surface area contributed by atoms with Crippen molar-refractivity contribution >= 4 is 16.1 Å². The fraction of sp³-hybridized carbons (Fsp3) is 0.565. The molecule has 1 aromatic rings. The lowest BCUT2D eigenvalue weighted by Crippen LogP contribution is -2.41. The Kier molecular flexibility index (Phi) is 6.43. The first-order valence-electron chi connectivity index (χ1n) is 10.00. The van der Waals surface area contributed by atoms with E-state index in [0.717, 1.165) is 10.8 Å². The average molecular weight is 388 g/mol. The quantitative estimate of drug-likeness (QED) is 0.433. The van der Waals surface area contributed by atoms with Crippen molar-refractivity contribution in [2.75, 3.05) is 0 Å². The molecule has 1 rings (SSSR count). The van der Waals surface area contributed by atoms with Crippen LogP contribution in [0.15, 0.2) is 52.7 Å². The van der Waals surface area contributed by atoms with Crippen molar-refractivity contribution in [2.45, 2.75) is 83.9 Å². The Labute approximate surface area is 165 Å². The van der Waals surface area contributed by atoms with Crippen molar-refractivity contribution in [3.05, 3.63) is 58.2 Å². The topological polar surface area (TPSA) is 20.2 Å². The van der Waals surface area contributed by atoms with Crippen molar-refractivity contribution in [3.8, 4) is 0 Å². The van der Waals surface area contributed by atoms with Gasteiger partial charge >= 0.3 is 0 Å². The van der Waals surface area contributed by atoms with Gasteiger partial charge in [-0.15, -0.1) is 0 Å². The molecule has 144 valence electrons. The summed E-state index contributed by atoms with van der Waals surface area (Å²) in [5, 5.41) is 12.3. The van der Waals surface area contributed by atoms with Crippen LogP contribution in [0.25, 0.3) is 0 Å². The summed E-state index contributed by atoms with van der Waals surface area (Å²) < 4.78 is 8.65. The number of rotatable bonds is 4. The molecule has 0 saturated carbocycles. The van der Waals surface area contributed by atoms with Crippen LogP contribution in [0.1, 0.15) is 54.6 Å². The first-order chi connectivity index (χ1) is 12.0. The number of hydrogen-bond donors (Lipinski definition) is 1. The Hall–Kier alpha value is -1.09. The summed E-state index contributed by atoms with van der Waals surface area (Å²) >= 11 is 0. The number of aliphatic hydroxyl groups excluding tert-OH is 1. The van der Waals surface area contributed by atoms with Gasteiger partial charge in [-0.1, -0.05) is 110 Å². The highest BCUT2D eigenvalue weighted by Gasteiger charge is 2.41. The summed E-state index contributed by atoms with van der Waals surface area (Å²) in [6, 6.07) is 9.78. The van der Waals surface area contributed by atoms with Crippen LogP contribution in [0.5, 0.6) is 0 Å². The van der Waals surface area contributed by atoms with Gasteiger partial charge in [0.25, 0.3) is 0 Å². The van der Waals surface area contributed by atoms with Crippen molar-refractivity contribution in [1.82, 2.24) is 0 Å². The van der Waals surface area contributed by atoms with E-state index >= 15 is 0 Å². The number of hydrogen-bond acceptors (Lipinski definition) is 1. The van der Waals surface area contributed by atoms with Gasteiger partial charge in [0.1, 0.15) is 6.10 Å². The Balaban J connectivity index is 3.74. The molecule has 1 atom stereocenters. The highest BCUT2D eigenvalue weighted by Crippen LogP contribution is 2.44. The van der Waals surface area contributed by atoms with Gasteiger partial charge < -0.3 is 5.11 Å². The normalized spacial score (nSPS) is 14.8. The lowest BCUT2D eigenvalue weighted by molar-refractivity contribution is 0.222. The summed E-state index contributed by atoms with van der Waals surface area (Å²) in [5.41, 5.74) is 7.96. The molecule has 0 aliphatic rings. The Bertz CT molecular complexity index is 752. The molecule has 0 aromatic heterocycles. The molecule has 1 unspecified atom stereocenters. The van der Waals surface area contributed by atoms with Gasteiger partial charge in [-0.05, 0) is 26.5 Å². The van der Waals surface area contributed by atoms with Gasteiger partial charge in [0.15, 0.2) is 0 Å². The lowest BCUT2D eigenvalue weighted by Gasteiger charge is -2.39. The van der Waals surface area contributed by atoms with Crippen LogP contribution in [0.4, 0.5) is 0 Å². The predicted molar refractivity (Wildman–Crippen MR) is 121 cm³/mol. The second-order valence-corrected chi connectivity index (χ2v) is 20.6. The Morgan fingerprint density at radius 1 is 1.00 bits per heavy atom. The van der Waals surface area contributed by atoms with E-state index in [9.17, 15) is 5.11 Å². The molecule has 0 bridgehead atoms. The smallest absolute Gasteiger partial charge is 0.104 e. The van der Waals surface area contributed by atoms with Crippen LogP contribution in [0.3, 0.4) is 0 Å². The van der Waals surface area contributed by atoms with Gasteiger partial charge in [0, 0.05) is 0 Å². The average Bonchev–Trinajstić information content (AvgIpc) is 2.53. The number of aliphatic hydroxyl groups is 1. The van der Waals surface area contributed by atoms with Crippen molar-refractivity contribution < 1.29 is 6.48 Å². The van der Waals surface area contributed by atoms with E-state index in [2.05, 4.69) is 79.2 Å². The predicted octanol–water partition coefficient (Wildman–Crippen LogP) is 7.05. The summed E-state index contributed by atoms with van der Waals surface area (Å²) in [5.74, 6) is 0. The summed E-state index contributed by atoms with van der Waals surface area (Å²) in [4.78, 5) is 0. The van der Waals surface area contributed by atoms with Crippen molar-refractivity contribution in [2.24, 2.45) is 0 Å². The van der Waals surface area contributed by atoms with Gasteiger partial charge in [-0.25, -0.2) is 0 Å². The third kappa shape index (κ3) is 5.22. The summed E-state index contributed by atoms with van der Waals surface area (Å²) in [7, 11) is -4.00. The monoisotopic (exact) mass is 387 g/mol. The molecule has 0 amide bonds. The molecular weight excluding hydrogens is 348 g/mol. The zero-order valence-corrected chi connectivity index (χ0v) is 20.4. The van der Waals surface area contributed by atoms with Gasteiger partial charge in [-0.3, -0.25) is 0 Å². The molecular formula is C23H38OSi2. The van der Waals surface area contributed by atoms with E-state index in [1.165, 1.54) is 0 Å². The molecule has 0 aliphatic carbocycles. The standard InChI is InChI=1S/C23H38OSi2/c1-22(2,3)25(7,8)18-14-17-20(26(9,10)23(4,5)6)21(24)19-15-12-11-13-16-19/h11-13,15-16,18,21,24H,1-10H3/i18D. The van der Waals surface area contributed by atoms with Crippen LogP contribution < -0.4 is 0 Å². The highest BCUT2D eigenvalue weighted by atomic mass is 28.3. The van der Waals surface area contributed by atoms with Crippen LogP contribution in [0, 0.1) is 0 Å². The second kappa shape index (κ2) is 7.88. The van der Waals surface area contributed by atoms with Gasteiger partial charge in [0.05, 0.1) is 17.5 Å². The third-order valence-electron chi connectivity index (χ3n) is 6.38. The third-order valence-corrected chi connectivity index (χ3v) is 16.4. The van der Waals surface area contributed by atoms with Crippen molar-refractivity contribution in [1.29, 1.82) is 0 Å². The van der Waals surface area contributed by atoms with Gasteiger partial charge in [-0.2, -0.15) is 0 Å². The highest BCUT2D eigenvalue weighted by molar-refractivity contribution is 6.87. The van der Waals surface area contributed by atoms with Gasteiger partial charge in [0.2, 0.25) is 0 Å². The fourth-order valence-electron chi connectivity index (χ4n) is 2.21. The molecule has 0 fully saturated rings. The van der Waals surface area contributed by atoms with E-state index in [-0.39, 0.29) is 10.1 Å². The second-order valence-electron chi connectivity index (χ2n) is 10.4. The maximum atomic E-state index is 11.2. The van der Waals surface area contributed by atoms with E-state index in [0.29, 0.717) is 5.68 Å². The maximum Gasteiger partial charge on any atom is 0.104 e. The molecule has 26 heavy (non-hydrogen) atoms. The summed E-state index contributed by atoms with van der Waals surface area (Å²) in [6.45, 7) is 22.3. The molecule has 0 radical (unpaired) electrons.